The number of ether oxygens (including phenoxy) is 2. The quantitative estimate of drug-likeness (QED) is 0.747. The van der Waals surface area contributed by atoms with Crippen molar-refractivity contribution in [1.82, 2.24) is 4.90 Å². The first-order valence-corrected chi connectivity index (χ1v) is 7.91. The third kappa shape index (κ3) is 4.88. The first-order valence-electron chi connectivity index (χ1n) is 7.91. The van der Waals surface area contributed by atoms with Gasteiger partial charge >= 0.3 is 0 Å². The molecular weight excluding hydrogens is 310 g/mol. The molecule has 0 bridgehead atoms. The number of methoxy groups -OCH3 is 1. The molecule has 0 atom stereocenters. The number of fused-ring (bicyclic) bond motifs is 1. The third-order valence-corrected chi connectivity index (χ3v) is 4.16. The molecule has 0 radical (unpaired) electrons. The first-order chi connectivity index (χ1) is 10.8. The second kappa shape index (κ2) is 8.80. The lowest BCUT2D eigenvalue weighted by Gasteiger charge is -2.28. The van der Waals surface area contributed by atoms with Crippen LogP contribution in [-0.4, -0.2) is 31.7 Å². The Kier molecular flexibility index (Phi) is 6.75. The molecule has 0 amide bonds. The molecule has 1 aliphatic heterocycles. The predicted octanol–water partition coefficient (Wildman–Crippen LogP) is 3.94. The summed E-state index contributed by atoms with van der Waals surface area (Å²) in [6.07, 6.45) is 2.21. The van der Waals surface area contributed by atoms with Crippen LogP contribution in [0.2, 0.25) is 0 Å². The van der Waals surface area contributed by atoms with Crippen molar-refractivity contribution in [3.8, 4) is 11.5 Å². The van der Waals surface area contributed by atoms with Gasteiger partial charge in [0.05, 0.1) is 13.7 Å². The molecule has 0 N–H and O–H groups in total. The zero-order valence-corrected chi connectivity index (χ0v) is 14.3. The van der Waals surface area contributed by atoms with E-state index in [0.717, 1.165) is 50.6 Å². The lowest BCUT2D eigenvalue weighted by molar-refractivity contribution is 0.221. The molecule has 0 aliphatic carbocycles. The van der Waals surface area contributed by atoms with Crippen LogP contribution in [0.3, 0.4) is 0 Å². The molecule has 0 unspecified atom stereocenters. The van der Waals surface area contributed by atoms with Gasteiger partial charge in [-0.3, -0.25) is 4.90 Å². The van der Waals surface area contributed by atoms with Crippen LogP contribution in [0.4, 0.5) is 0 Å². The van der Waals surface area contributed by atoms with Crippen molar-refractivity contribution in [1.29, 1.82) is 0 Å². The minimum atomic E-state index is 0. The third-order valence-electron chi connectivity index (χ3n) is 4.16. The van der Waals surface area contributed by atoms with Crippen molar-refractivity contribution in [2.45, 2.75) is 19.4 Å². The second-order valence-electron chi connectivity index (χ2n) is 5.67. The molecule has 23 heavy (non-hydrogen) atoms. The van der Waals surface area contributed by atoms with E-state index in [1.165, 1.54) is 11.1 Å². The number of halogens is 1. The van der Waals surface area contributed by atoms with Gasteiger partial charge in [0.15, 0.2) is 0 Å². The zero-order valence-electron chi connectivity index (χ0n) is 13.5. The summed E-state index contributed by atoms with van der Waals surface area (Å²) >= 11 is 0. The minimum absolute atomic E-state index is 0. The van der Waals surface area contributed by atoms with Crippen LogP contribution < -0.4 is 9.47 Å². The monoisotopic (exact) mass is 333 g/mol. The van der Waals surface area contributed by atoms with Crippen molar-refractivity contribution >= 4 is 12.4 Å². The van der Waals surface area contributed by atoms with E-state index >= 15 is 0 Å². The molecular formula is C19H24ClNO2. The fraction of sp³-hybridized carbons (Fsp3) is 0.368. The van der Waals surface area contributed by atoms with Gasteiger partial charge in [-0.2, -0.15) is 0 Å². The molecule has 3 nitrogen and oxygen atoms in total. The topological polar surface area (TPSA) is 21.7 Å². The Hall–Kier alpha value is -1.71. The van der Waals surface area contributed by atoms with E-state index in [0.29, 0.717) is 0 Å². The Morgan fingerprint density at radius 3 is 2.39 bits per heavy atom. The molecule has 124 valence electrons. The smallest absolute Gasteiger partial charge is 0.119 e. The highest BCUT2D eigenvalue weighted by Crippen LogP contribution is 2.19. The van der Waals surface area contributed by atoms with Crippen LogP contribution in [0.25, 0.3) is 0 Å². The molecule has 0 spiro atoms. The van der Waals surface area contributed by atoms with E-state index in [1.54, 1.807) is 7.11 Å². The SMILES string of the molecule is COc1ccc(OCCCN2CCc3ccccc3C2)cc1.Cl. The Labute approximate surface area is 144 Å². The van der Waals surface area contributed by atoms with Gasteiger partial charge in [-0.1, -0.05) is 24.3 Å². The summed E-state index contributed by atoms with van der Waals surface area (Å²) in [7, 11) is 1.67. The van der Waals surface area contributed by atoms with Crippen molar-refractivity contribution in [3.63, 3.8) is 0 Å². The van der Waals surface area contributed by atoms with Crippen LogP contribution in [0, 0.1) is 0 Å². The zero-order chi connectivity index (χ0) is 15.2. The standard InChI is InChI=1S/C19H23NO2.ClH/c1-21-18-7-9-19(10-8-18)22-14-4-12-20-13-11-16-5-2-3-6-17(16)15-20;/h2-3,5-10H,4,11-15H2,1H3;1H. The molecule has 1 heterocycles. The molecule has 3 rings (SSSR count). The Balaban J connectivity index is 0.00000192. The molecule has 4 heteroatoms. The van der Waals surface area contributed by atoms with Gasteiger partial charge in [-0.15, -0.1) is 12.4 Å². The Morgan fingerprint density at radius 1 is 0.957 bits per heavy atom. The molecule has 0 saturated carbocycles. The highest BCUT2D eigenvalue weighted by Gasteiger charge is 2.14. The number of hydrogen-bond acceptors (Lipinski definition) is 3. The number of rotatable bonds is 6. The van der Waals surface area contributed by atoms with Gasteiger partial charge in [-0.05, 0) is 48.2 Å². The highest BCUT2D eigenvalue weighted by molar-refractivity contribution is 5.85. The van der Waals surface area contributed by atoms with E-state index in [1.807, 2.05) is 24.3 Å². The summed E-state index contributed by atoms with van der Waals surface area (Å²) in [5.74, 6) is 1.77. The predicted molar refractivity (Wildman–Crippen MR) is 95.8 cm³/mol. The van der Waals surface area contributed by atoms with Gasteiger partial charge in [0, 0.05) is 19.6 Å². The maximum atomic E-state index is 5.78. The van der Waals surface area contributed by atoms with Gasteiger partial charge in [0.2, 0.25) is 0 Å². The van der Waals surface area contributed by atoms with Crippen LogP contribution >= 0.6 is 12.4 Å². The highest BCUT2D eigenvalue weighted by atomic mass is 35.5. The number of nitrogens with zero attached hydrogens (tertiary/aromatic N) is 1. The summed E-state index contributed by atoms with van der Waals surface area (Å²) in [6.45, 7) is 4.06. The lowest BCUT2D eigenvalue weighted by Crippen LogP contribution is -2.31. The van der Waals surface area contributed by atoms with Crippen LogP contribution in [0.5, 0.6) is 11.5 Å². The van der Waals surface area contributed by atoms with Crippen molar-refractivity contribution < 1.29 is 9.47 Å². The van der Waals surface area contributed by atoms with E-state index in [-0.39, 0.29) is 12.4 Å². The maximum Gasteiger partial charge on any atom is 0.119 e. The second-order valence-corrected chi connectivity index (χ2v) is 5.67. The molecule has 1 aliphatic rings. The molecule has 2 aromatic carbocycles. The van der Waals surface area contributed by atoms with Gasteiger partial charge in [0.25, 0.3) is 0 Å². The van der Waals surface area contributed by atoms with E-state index in [2.05, 4.69) is 29.2 Å². The normalized spacial score (nSPS) is 13.8. The van der Waals surface area contributed by atoms with Crippen molar-refractivity contribution in [2.75, 3.05) is 26.8 Å². The molecule has 2 aromatic rings. The summed E-state index contributed by atoms with van der Waals surface area (Å²) < 4.78 is 10.9. The lowest BCUT2D eigenvalue weighted by atomic mass is 10.00. The van der Waals surface area contributed by atoms with E-state index in [9.17, 15) is 0 Å². The molecule has 0 saturated heterocycles. The fourth-order valence-electron chi connectivity index (χ4n) is 2.90. The van der Waals surface area contributed by atoms with Gasteiger partial charge in [-0.25, -0.2) is 0 Å². The number of benzene rings is 2. The van der Waals surface area contributed by atoms with E-state index < -0.39 is 0 Å². The van der Waals surface area contributed by atoms with Crippen LogP contribution in [-0.2, 0) is 13.0 Å². The van der Waals surface area contributed by atoms with Crippen LogP contribution in [0.1, 0.15) is 17.5 Å². The van der Waals surface area contributed by atoms with Crippen LogP contribution in [0.15, 0.2) is 48.5 Å². The summed E-state index contributed by atoms with van der Waals surface area (Å²) in [5.41, 5.74) is 2.98. The first kappa shape index (κ1) is 17.6. The largest absolute Gasteiger partial charge is 0.497 e. The summed E-state index contributed by atoms with van der Waals surface area (Å²) in [4.78, 5) is 2.51. The van der Waals surface area contributed by atoms with Crippen molar-refractivity contribution in [2.24, 2.45) is 0 Å². The van der Waals surface area contributed by atoms with Gasteiger partial charge < -0.3 is 9.47 Å². The molecule has 0 aromatic heterocycles. The Bertz CT molecular complexity index is 601. The fourth-order valence-corrected chi connectivity index (χ4v) is 2.90. The number of hydrogen-bond donors (Lipinski definition) is 0. The van der Waals surface area contributed by atoms with E-state index in [4.69, 9.17) is 9.47 Å². The molecule has 0 fully saturated rings. The average molecular weight is 334 g/mol. The summed E-state index contributed by atoms with van der Waals surface area (Å²) in [5, 5.41) is 0. The van der Waals surface area contributed by atoms with Crippen molar-refractivity contribution in [3.05, 3.63) is 59.7 Å². The minimum Gasteiger partial charge on any atom is -0.497 e. The maximum absolute atomic E-state index is 5.78. The Morgan fingerprint density at radius 2 is 1.65 bits per heavy atom. The summed E-state index contributed by atoms with van der Waals surface area (Å²) in [6, 6.07) is 16.5. The average Bonchev–Trinajstić information content (AvgIpc) is 2.59. The van der Waals surface area contributed by atoms with Gasteiger partial charge in [0.1, 0.15) is 11.5 Å².